The van der Waals surface area contributed by atoms with Gasteiger partial charge in [0.25, 0.3) is 0 Å². The molecule has 2 heteroatoms. The van der Waals surface area contributed by atoms with Crippen LogP contribution in [-0.2, 0) is 6.42 Å². The van der Waals surface area contributed by atoms with Crippen LogP contribution in [0.5, 0.6) is 0 Å². The van der Waals surface area contributed by atoms with E-state index in [4.69, 9.17) is 0 Å². The molecule has 2 aromatic rings. The number of nitrogens with one attached hydrogen (secondary N) is 1. The third-order valence-electron chi connectivity index (χ3n) is 2.58. The van der Waals surface area contributed by atoms with E-state index in [-0.39, 0.29) is 0 Å². The van der Waals surface area contributed by atoms with Crippen molar-refractivity contribution in [2.45, 2.75) is 19.4 Å². The van der Waals surface area contributed by atoms with Gasteiger partial charge in [0.2, 0.25) is 0 Å². The molecule has 0 fully saturated rings. The van der Waals surface area contributed by atoms with Gasteiger partial charge in [0.05, 0.1) is 0 Å². The van der Waals surface area contributed by atoms with Crippen molar-refractivity contribution in [2.75, 3.05) is 7.05 Å². The molecule has 0 saturated carbocycles. The zero-order valence-electron chi connectivity index (χ0n) is 8.58. The standard InChI is InChI=1S/C12H15NSe/c1-9(13-2)7-10-8-14-12-6-4-3-5-11(10)12/h3-6,8-9,13H,7H2,1-2H3. The molecule has 0 aliphatic rings. The number of hydrogen-bond donors (Lipinski definition) is 1. The van der Waals surface area contributed by atoms with E-state index in [9.17, 15) is 0 Å². The van der Waals surface area contributed by atoms with Gasteiger partial charge in [-0.15, -0.1) is 0 Å². The van der Waals surface area contributed by atoms with Gasteiger partial charge in [0.1, 0.15) is 0 Å². The number of rotatable bonds is 3. The van der Waals surface area contributed by atoms with Gasteiger partial charge in [-0.1, -0.05) is 0 Å². The fourth-order valence-electron chi connectivity index (χ4n) is 1.62. The maximum absolute atomic E-state index is 3.29. The Morgan fingerprint density at radius 2 is 2.14 bits per heavy atom. The number of benzene rings is 1. The molecule has 1 heterocycles. The molecule has 0 saturated heterocycles. The van der Waals surface area contributed by atoms with Gasteiger partial charge in [-0.05, 0) is 0 Å². The average Bonchev–Trinajstić information content (AvgIpc) is 2.62. The maximum atomic E-state index is 3.29. The third-order valence-corrected chi connectivity index (χ3v) is 4.70. The van der Waals surface area contributed by atoms with E-state index in [0.29, 0.717) is 20.5 Å². The fourth-order valence-corrected chi connectivity index (χ4v) is 3.67. The van der Waals surface area contributed by atoms with E-state index in [1.165, 1.54) is 10.9 Å². The molecule has 1 N–H and O–H groups in total. The van der Waals surface area contributed by atoms with E-state index >= 15 is 0 Å². The summed E-state index contributed by atoms with van der Waals surface area (Å²) in [5.41, 5.74) is 1.53. The molecule has 1 unspecified atom stereocenters. The van der Waals surface area contributed by atoms with Crippen molar-refractivity contribution in [3.05, 3.63) is 34.8 Å². The first-order chi connectivity index (χ1) is 6.81. The van der Waals surface area contributed by atoms with Gasteiger partial charge in [-0.3, -0.25) is 0 Å². The Balaban J connectivity index is 2.33. The molecular weight excluding hydrogens is 237 g/mol. The molecule has 0 amide bonds. The minimum absolute atomic E-state index is 0.569. The molecule has 2 rings (SSSR count). The quantitative estimate of drug-likeness (QED) is 0.824. The first-order valence-electron chi connectivity index (χ1n) is 4.93. The van der Waals surface area contributed by atoms with E-state index in [2.05, 4.69) is 41.4 Å². The molecule has 0 bridgehead atoms. The van der Waals surface area contributed by atoms with Gasteiger partial charge in [0, 0.05) is 0 Å². The Labute approximate surface area is 90.9 Å². The zero-order chi connectivity index (χ0) is 9.97. The number of hydrogen-bond acceptors (Lipinski definition) is 1. The fraction of sp³-hybridized carbons (Fsp3) is 0.333. The molecule has 1 nitrogen and oxygen atoms in total. The Kier molecular flexibility index (Phi) is 3.07. The van der Waals surface area contributed by atoms with E-state index < -0.39 is 0 Å². The normalized spacial score (nSPS) is 13.3. The first kappa shape index (κ1) is 9.97. The van der Waals surface area contributed by atoms with Gasteiger partial charge in [0.15, 0.2) is 0 Å². The molecule has 0 aliphatic heterocycles. The van der Waals surface area contributed by atoms with Crippen molar-refractivity contribution in [3.63, 3.8) is 0 Å². The Morgan fingerprint density at radius 3 is 2.93 bits per heavy atom. The predicted molar refractivity (Wildman–Crippen MR) is 63.1 cm³/mol. The van der Waals surface area contributed by atoms with Crippen LogP contribution in [0.25, 0.3) is 9.65 Å². The second-order valence-electron chi connectivity index (χ2n) is 3.65. The molecule has 1 aromatic carbocycles. The Bertz CT molecular complexity index is 419. The Hall–Kier alpha value is -0.561. The van der Waals surface area contributed by atoms with Crippen LogP contribution in [0, 0.1) is 0 Å². The van der Waals surface area contributed by atoms with Crippen molar-refractivity contribution in [3.8, 4) is 0 Å². The summed E-state index contributed by atoms with van der Waals surface area (Å²) in [4.78, 5) is 2.42. The van der Waals surface area contributed by atoms with Crippen LogP contribution in [0.1, 0.15) is 12.5 Å². The van der Waals surface area contributed by atoms with Gasteiger partial charge in [-0.2, -0.15) is 0 Å². The van der Waals surface area contributed by atoms with E-state index in [1.54, 1.807) is 4.26 Å². The summed E-state index contributed by atoms with van der Waals surface area (Å²) in [5.74, 6) is 0. The van der Waals surface area contributed by atoms with Crippen LogP contribution in [0.2, 0.25) is 0 Å². The molecule has 0 aliphatic carbocycles. The summed E-state index contributed by atoms with van der Waals surface area (Å²) >= 11 is 0.569. The minimum atomic E-state index is 0.569. The van der Waals surface area contributed by atoms with Crippen molar-refractivity contribution >= 4 is 24.1 Å². The van der Waals surface area contributed by atoms with Crippen molar-refractivity contribution in [1.29, 1.82) is 0 Å². The molecule has 14 heavy (non-hydrogen) atoms. The van der Waals surface area contributed by atoms with Crippen LogP contribution < -0.4 is 5.32 Å². The summed E-state index contributed by atoms with van der Waals surface area (Å²) in [6, 6.07) is 9.35. The zero-order valence-corrected chi connectivity index (χ0v) is 10.3. The monoisotopic (exact) mass is 253 g/mol. The van der Waals surface area contributed by atoms with Crippen LogP contribution in [0.15, 0.2) is 29.2 Å². The van der Waals surface area contributed by atoms with Gasteiger partial charge in [-0.25, -0.2) is 0 Å². The van der Waals surface area contributed by atoms with Crippen molar-refractivity contribution < 1.29 is 0 Å². The summed E-state index contributed by atoms with van der Waals surface area (Å²) in [5, 5.41) is 4.77. The van der Waals surface area contributed by atoms with Crippen molar-refractivity contribution in [2.24, 2.45) is 0 Å². The van der Waals surface area contributed by atoms with Crippen LogP contribution >= 0.6 is 0 Å². The molecular formula is C12H15NSe. The van der Waals surface area contributed by atoms with E-state index in [1.807, 2.05) is 7.05 Å². The second-order valence-corrected chi connectivity index (χ2v) is 5.56. The predicted octanol–water partition coefficient (Wildman–Crippen LogP) is 2.05. The van der Waals surface area contributed by atoms with Gasteiger partial charge < -0.3 is 0 Å². The number of fused-ring (bicyclic) bond motifs is 1. The summed E-state index contributed by atoms with van der Waals surface area (Å²) < 4.78 is 1.54. The van der Waals surface area contributed by atoms with Crippen LogP contribution in [0.3, 0.4) is 0 Å². The average molecular weight is 252 g/mol. The van der Waals surface area contributed by atoms with E-state index in [0.717, 1.165) is 6.42 Å². The summed E-state index contributed by atoms with van der Waals surface area (Å²) in [6.45, 7) is 2.23. The number of likely N-dealkylation sites (N-methyl/N-ethyl adjacent to an activating group) is 1. The molecule has 0 spiro atoms. The van der Waals surface area contributed by atoms with Crippen LogP contribution in [0.4, 0.5) is 0 Å². The first-order valence-corrected chi connectivity index (χ1v) is 6.78. The molecule has 1 aromatic heterocycles. The summed E-state index contributed by atoms with van der Waals surface area (Å²) in [6.07, 6.45) is 1.15. The van der Waals surface area contributed by atoms with Crippen LogP contribution in [-0.4, -0.2) is 27.6 Å². The topological polar surface area (TPSA) is 12.0 Å². The van der Waals surface area contributed by atoms with Crippen molar-refractivity contribution in [1.82, 2.24) is 5.32 Å². The van der Waals surface area contributed by atoms with Gasteiger partial charge >= 0.3 is 90.7 Å². The summed E-state index contributed by atoms with van der Waals surface area (Å²) in [7, 11) is 2.03. The molecule has 0 radical (unpaired) electrons. The molecule has 74 valence electrons. The SMILES string of the molecule is CNC(C)Cc1c[se]c2ccccc12. The third kappa shape index (κ3) is 1.93. The molecule has 1 atom stereocenters. The second kappa shape index (κ2) is 4.31. The Morgan fingerprint density at radius 1 is 1.36 bits per heavy atom.